The van der Waals surface area contributed by atoms with Gasteiger partial charge in [-0.25, -0.2) is 0 Å². The molecule has 5 rings (SSSR count). The summed E-state index contributed by atoms with van der Waals surface area (Å²) in [5.74, 6) is -2.32. The molecule has 6 atom stereocenters. The highest BCUT2D eigenvalue weighted by molar-refractivity contribution is 6.06. The van der Waals surface area contributed by atoms with Crippen molar-refractivity contribution in [3.63, 3.8) is 0 Å². The maximum atomic E-state index is 14.6. The second-order valence-corrected chi connectivity index (χ2v) is 11.3. The lowest BCUT2D eigenvalue weighted by Crippen LogP contribution is -2.58. The van der Waals surface area contributed by atoms with E-state index < -0.39 is 35.1 Å². The van der Waals surface area contributed by atoms with Gasteiger partial charge in [-0.3, -0.25) is 14.4 Å². The SMILES string of the molecule is CCCN1CC=C[C@]2(C)O[C@]34C=CCN(c5cc(C)ccc5C)C(=O)C3N([C@@H](CC)CO)C(=O)[C@@H]4[C@@H]2C1=O. The number of benzene rings is 1. The molecular formula is C30H39N3O5. The van der Waals surface area contributed by atoms with E-state index in [0.29, 0.717) is 26.1 Å². The fraction of sp³-hybridized carbons (Fsp3) is 0.567. The molecule has 1 aromatic carbocycles. The van der Waals surface area contributed by atoms with E-state index in [1.54, 1.807) is 9.80 Å². The van der Waals surface area contributed by atoms with Gasteiger partial charge in [0.05, 0.1) is 30.1 Å². The van der Waals surface area contributed by atoms with Crippen molar-refractivity contribution in [3.8, 4) is 0 Å². The summed E-state index contributed by atoms with van der Waals surface area (Å²) in [5, 5.41) is 10.3. The molecule has 204 valence electrons. The molecule has 2 saturated heterocycles. The van der Waals surface area contributed by atoms with Gasteiger partial charge in [-0.15, -0.1) is 0 Å². The standard InChI is InChI=1S/C30H39N3O5/c1-6-14-31-15-8-12-29(5)23(26(31)35)24-27(36)33(21(7-2)18-34)25-28(37)32(16-9-13-30(24,25)38-29)22-17-19(3)10-11-20(22)4/h8-13,17,21,23-25,34H,6-7,14-16,18H2,1-5H3/t21-,23+,24-,25?,29-,30-/m0/s1. The molecule has 4 aliphatic rings. The quantitative estimate of drug-likeness (QED) is 0.582. The van der Waals surface area contributed by atoms with Gasteiger partial charge >= 0.3 is 0 Å². The van der Waals surface area contributed by atoms with E-state index in [-0.39, 0.29) is 24.3 Å². The van der Waals surface area contributed by atoms with Gasteiger partial charge in [0.15, 0.2) is 0 Å². The highest BCUT2D eigenvalue weighted by Gasteiger charge is 2.75. The number of fused-ring (bicyclic) bond motifs is 2. The molecule has 0 aromatic heterocycles. The summed E-state index contributed by atoms with van der Waals surface area (Å²) in [6.07, 6.45) is 8.87. The lowest BCUT2D eigenvalue weighted by Gasteiger charge is -2.40. The van der Waals surface area contributed by atoms with Crippen LogP contribution in [0.25, 0.3) is 0 Å². The molecule has 1 N–H and O–H groups in total. The number of likely N-dealkylation sites (tertiary alicyclic amines) is 1. The van der Waals surface area contributed by atoms with Crippen LogP contribution in [0.4, 0.5) is 5.69 Å². The summed E-state index contributed by atoms with van der Waals surface area (Å²) in [4.78, 5) is 48.0. The number of carbonyl (C=O) groups excluding carboxylic acids is 3. The van der Waals surface area contributed by atoms with Crippen molar-refractivity contribution >= 4 is 23.4 Å². The van der Waals surface area contributed by atoms with Gasteiger partial charge < -0.3 is 24.5 Å². The van der Waals surface area contributed by atoms with E-state index in [1.165, 1.54) is 4.90 Å². The Morgan fingerprint density at radius 2 is 1.76 bits per heavy atom. The average molecular weight is 522 g/mol. The van der Waals surface area contributed by atoms with Gasteiger partial charge in [-0.1, -0.05) is 50.3 Å². The molecule has 0 aliphatic carbocycles. The highest BCUT2D eigenvalue weighted by atomic mass is 16.5. The minimum Gasteiger partial charge on any atom is -0.394 e. The number of hydrogen-bond acceptors (Lipinski definition) is 5. The largest absolute Gasteiger partial charge is 0.394 e. The monoisotopic (exact) mass is 521 g/mol. The number of nitrogens with zero attached hydrogens (tertiary/aromatic N) is 3. The predicted octanol–water partition coefficient (Wildman–Crippen LogP) is 2.76. The molecular weight excluding hydrogens is 482 g/mol. The minimum absolute atomic E-state index is 0.122. The predicted molar refractivity (Wildman–Crippen MR) is 144 cm³/mol. The van der Waals surface area contributed by atoms with Crippen LogP contribution in [0, 0.1) is 25.7 Å². The molecule has 3 amide bonds. The third-order valence-electron chi connectivity index (χ3n) is 8.80. The van der Waals surface area contributed by atoms with E-state index in [0.717, 1.165) is 23.2 Å². The summed E-state index contributed by atoms with van der Waals surface area (Å²) in [5.41, 5.74) is 0.405. The molecule has 0 radical (unpaired) electrons. The summed E-state index contributed by atoms with van der Waals surface area (Å²) in [6, 6.07) is 4.41. The summed E-state index contributed by atoms with van der Waals surface area (Å²) >= 11 is 0. The molecule has 0 saturated carbocycles. The number of rotatable bonds is 6. The number of carbonyl (C=O) groups is 3. The zero-order chi connectivity index (χ0) is 27.4. The molecule has 2 fully saturated rings. The maximum Gasteiger partial charge on any atom is 0.253 e. The lowest BCUT2D eigenvalue weighted by atomic mass is 9.74. The number of aliphatic hydroxyl groups is 1. The number of aryl methyl sites for hydroxylation is 2. The van der Waals surface area contributed by atoms with Crippen LogP contribution < -0.4 is 4.90 Å². The van der Waals surface area contributed by atoms with E-state index in [2.05, 4.69) is 0 Å². The first-order valence-corrected chi connectivity index (χ1v) is 13.8. The van der Waals surface area contributed by atoms with Gasteiger partial charge in [0.2, 0.25) is 11.8 Å². The third-order valence-corrected chi connectivity index (χ3v) is 8.80. The van der Waals surface area contributed by atoms with Crippen LogP contribution in [0.5, 0.6) is 0 Å². The van der Waals surface area contributed by atoms with Crippen LogP contribution in [-0.4, -0.2) is 82.2 Å². The van der Waals surface area contributed by atoms with Crippen LogP contribution in [0.3, 0.4) is 0 Å². The molecule has 38 heavy (non-hydrogen) atoms. The summed E-state index contributed by atoms with van der Waals surface area (Å²) in [7, 11) is 0. The molecule has 4 heterocycles. The zero-order valence-electron chi connectivity index (χ0n) is 23.0. The zero-order valence-corrected chi connectivity index (χ0v) is 23.0. The lowest BCUT2D eigenvalue weighted by molar-refractivity contribution is -0.151. The first-order valence-electron chi connectivity index (χ1n) is 13.8. The fourth-order valence-electron chi connectivity index (χ4n) is 7.02. The maximum absolute atomic E-state index is 14.6. The van der Waals surface area contributed by atoms with Gasteiger partial charge in [0, 0.05) is 25.3 Å². The molecule has 1 spiro atoms. The second kappa shape index (κ2) is 9.65. The van der Waals surface area contributed by atoms with Gasteiger partial charge in [-0.05, 0) is 50.8 Å². The number of anilines is 1. The highest BCUT2D eigenvalue weighted by Crippen LogP contribution is 2.58. The minimum atomic E-state index is -1.32. The first-order chi connectivity index (χ1) is 18.1. The Kier molecular flexibility index (Phi) is 6.76. The van der Waals surface area contributed by atoms with Crippen molar-refractivity contribution in [3.05, 3.63) is 53.6 Å². The van der Waals surface area contributed by atoms with Gasteiger partial charge in [0.1, 0.15) is 11.6 Å². The Hall–Kier alpha value is -2.97. The van der Waals surface area contributed by atoms with E-state index >= 15 is 0 Å². The van der Waals surface area contributed by atoms with Crippen molar-refractivity contribution in [2.75, 3.05) is 31.1 Å². The number of aliphatic hydroxyl groups excluding tert-OH is 1. The average Bonchev–Trinajstić information content (AvgIpc) is 3.16. The van der Waals surface area contributed by atoms with Gasteiger partial charge in [0.25, 0.3) is 5.91 Å². The van der Waals surface area contributed by atoms with Crippen LogP contribution in [0.2, 0.25) is 0 Å². The van der Waals surface area contributed by atoms with Crippen LogP contribution in [0.1, 0.15) is 44.7 Å². The Morgan fingerprint density at radius 1 is 1.03 bits per heavy atom. The van der Waals surface area contributed by atoms with Crippen molar-refractivity contribution in [2.24, 2.45) is 11.8 Å². The Balaban J connectivity index is 1.68. The summed E-state index contributed by atoms with van der Waals surface area (Å²) in [6.45, 7) is 10.8. The molecule has 8 heteroatoms. The van der Waals surface area contributed by atoms with Crippen molar-refractivity contribution in [1.29, 1.82) is 0 Å². The fourth-order valence-corrected chi connectivity index (χ4v) is 7.02. The van der Waals surface area contributed by atoms with Crippen LogP contribution in [0.15, 0.2) is 42.5 Å². The smallest absolute Gasteiger partial charge is 0.253 e. The normalized spacial score (nSPS) is 33.3. The Labute approximate surface area is 224 Å². The Bertz CT molecular complexity index is 1210. The number of hydrogen-bond donors (Lipinski definition) is 1. The second-order valence-electron chi connectivity index (χ2n) is 11.3. The third kappa shape index (κ3) is 3.75. The van der Waals surface area contributed by atoms with Gasteiger partial charge in [-0.2, -0.15) is 0 Å². The topological polar surface area (TPSA) is 90.4 Å². The Morgan fingerprint density at radius 3 is 2.45 bits per heavy atom. The van der Waals surface area contributed by atoms with E-state index in [9.17, 15) is 19.5 Å². The van der Waals surface area contributed by atoms with Crippen LogP contribution >= 0.6 is 0 Å². The van der Waals surface area contributed by atoms with Crippen LogP contribution in [-0.2, 0) is 19.1 Å². The first kappa shape index (κ1) is 26.6. The summed E-state index contributed by atoms with van der Waals surface area (Å²) < 4.78 is 6.86. The van der Waals surface area contributed by atoms with Crippen molar-refractivity contribution in [1.82, 2.24) is 9.80 Å². The molecule has 1 aromatic rings. The molecule has 8 nitrogen and oxygen atoms in total. The van der Waals surface area contributed by atoms with E-state index in [4.69, 9.17) is 4.74 Å². The molecule has 0 bridgehead atoms. The van der Waals surface area contributed by atoms with E-state index in [1.807, 2.05) is 77.1 Å². The molecule has 1 unspecified atom stereocenters. The van der Waals surface area contributed by atoms with Crippen molar-refractivity contribution < 1.29 is 24.2 Å². The molecule has 4 aliphatic heterocycles. The number of amides is 3. The van der Waals surface area contributed by atoms with Crippen molar-refractivity contribution in [2.45, 2.75) is 70.7 Å². The number of ether oxygens (including phenoxy) is 1.